The molecule has 0 unspecified atom stereocenters. The van der Waals surface area contributed by atoms with Crippen molar-refractivity contribution in [1.29, 1.82) is 0 Å². The van der Waals surface area contributed by atoms with Crippen molar-refractivity contribution in [2.75, 3.05) is 32.8 Å². The van der Waals surface area contributed by atoms with Crippen molar-refractivity contribution < 1.29 is 4.74 Å². The molecule has 7 nitrogen and oxygen atoms in total. The van der Waals surface area contributed by atoms with Crippen LogP contribution in [0.15, 0.2) is 29.4 Å². The molecule has 0 spiro atoms. The molecule has 2 aromatic heterocycles. The first-order chi connectivity index (χ1) is 11.3. The van der Waals surface area contributed by atoms with Gasteiger partial charge in [-0.05, 0) is 32.4 Å². The van der Waals surface area contributed by atoms with Gasteiger partial charge in [0.15, 0.2) is 11.6 Å². The number of nitrogens with zero attached hydrogens (tertiary/aromatic N) is 4. The number of fused-ring (bicyclic) bond motifs is 1. The molecule has 0 aliphatic rings. The van der Waals surface area contributed by atoms with Crippen LogP contribution in [0.1, 0.15) is 26.1 Å². The lowest BCUT2D eigenvalue weighted by Crippen LogP contribution is -2.38. The Labute approximate surface area is 160 Å². The van der Waals surface area contributed by atoms with Gasteiger partial charge in [-0.25, -0.2) is 0 Å². The van der Waals surface area contributed by atoms with Gasteiger partial charge in [-0.3, -0.25) is 9.39 Å². The van der Waals surface area contributed by atoms with Gasteiger partial charge in [-0.1, -0.05) is 6.07 Å². The molecule has 0 aliphatic carbocycles. The van der Waals surface area contributed by atoms with Crippen molar-refractivity contribution in [2.45, 2.75) is 26.7 Å². The number of ether oxygens (including phenoxy) is 1. The van der Waals surface area contributed by atoms with E-state index in [2.05, 4.69) is 32.7 Å². The van der Waals surface area contributed by atoms with Crippen LogP contribution in [-0.4, -0.2) is 53.4 Å². The lowest BCUT2D eigenvalue weighted by molar-refractivity contribution is 0.146. The van der Waals surface area contributed by atoms with Gasteiger partial charge in [-0.2, -0.15) is 0 Å². The third kappa shape index (κ3) is 6.60. The molecule has 0 atom stereocenters. The first-order valence-electron chi connectivity index (χ1n) is 8.23. The van der Waals surface area contributed by atoms with Crippen LogP contribution in [0, 0.1) is 0 Å². The molecule has 0 radical (unpaired) electrons. The second-order valence-corrected chi connectivity index (χ2v) is 5.03. The normalized spacial score (nSPS) is 11.3. The molecule has 0 fully saturated rings. The average molecular weight is 446 g/mol. The summed E-state index contributed by atoms with van der Waals surface area (Å²) in [6, 6.07) is 5.90. The SMILES string of the molecule is CCNC(=NCCCOCC)NCCc1nnc2ccccn12.I. The van der Waals surface area contributed by atoms with Crippen LogP contribution in [-0.2, 0) is 11.2 Å². The summed E-state index contributed by atoms with van der Waals surface area (Å²) in [7, 11) is 0. The lowest BCUT2D eigenvalue weighted by atomic mass is 10.4. The van der Waals surface area contributed by atoms with E-state index in [0.29, 0.717) is 0 Å². The van der Waals surface area contributed by atoms with Crippen LogP contribution in [0.4, 0.5) is 0 Å². The summed E-state index contributed by atoms with van der Waals surface area (Å²) < 4.78 is 7.33. The first-order valence-corrected chi connectivity index (χ1v) is 8.23. The Morgan fingerprint density at radius 2 is 2.12 bits per heavy atom. The van der Waals surface area contributed by atoms with Gasteiger partial charge in [0.25, 0.3) is 0 Å². The fourth-order valence-electron chi connectivity index (χ4n) is 2.20. The molecule has 134 valence electrons. The minimum Gasteiger partial charge on any atom is -0.382 e. The van der Waals surface area contributed by atoms with E-state index in [1.165, 1.54) is 0 Å². The minimum absolute atomic E-state index is 0. The molecule has 2 N–H and O–H groups in total. The van der Waals surface area contributed by atoms with Gasteiger partial charge in [-0.15, -0.1) is 34.2 Å². The van der Waals surface area contributed by atoms with Crippen LogP contribution in [0.5, 0.6) is 0 Å². The van der Waals surface area contributed by atoms with Crippen molar-refractivity contribution >= 4 is 35.6 Å². The van der Waals surface area contributed by atoms with E-state index >= 15 is 0 Å². The maximum Gasteiger partial charge on any atom is 0.191 e. The molecule has 24 heavy (non-hydrogen) atoms. The van der Waals surface area contributed by atoms with Crippen LogP contribution in [0.3, 0.4) is 0 Å². The Morgan fingerprint density at radius 3 is 2.92 bits per heavy atom. The quantitative estimate of drug-likeness (QED) is 0.266. The van der Waals surface area contributed by atoms with Crippen molar-refractivity contribution in [3.05, 3.63) is 30.2 Å². The predicted molar refractivity (Wildman–Crippen MR) is 107 cm³/mol. The zero-order chi connectivity index (χ0) is 16.3. The summed E-state index contributed by atoms with van der Waals surface area (Å²) in [6.07, 6.45) is 3.70. The molecule has 2 rings (SSSR count). The summed E-state index contributed by atoms with van der Waals surface area (Å²) in [5.74, 6) is 1.78. The van der Waals surface area contributed by atoms with Crippen LogP contribution in [0.25, 0.3) is 5.65 Å². The molecule has 2 aromatic rings. The molecule has 0 bridgehead atoms. The number of nitrogens with one attached hydrogen (secondary N) is 2. The largest absolute Gasteiger partial charge is 0.382 e. The van der Waals surface area contributed by atoms with Crippen LogP contribution >= 0.6 is 24.0 Å². The third-order valence-corrected chi connectivity index (χ3v) is 3.29. The minimum atomic E-state index is 0. The molecular formula is C16H27IN6O. The van der Waals surface area contributed by atoms with E-state index < -0.39 is 0 Å². The first kappa shape index (κ1) is 20.6. The monoisotopic (exact) mass is 446 g/mol. The Hall–Kier alpha value is -1.42. The number of halogens is 1. The number of hydrogen-bond donors (Lipinski definition) is 2. The highest BCUT2D eigenvalue weighted by molar-refractivity contribution is 14.0. The highest BCUT2D eigenvalue weighted by Crippen LogP contribution is 2.02. The van der Waals surface area contributed by atoms with Gasteiger partial charge >= 0.3 is 0 Å². The smallest absolute Gasteiger partial charge is 0.191 e. The molecule has 0 saturated carbocycles. The molecule has 0 aliphatic heterocycles. The Balaban J connectivity index is 0.00000288. The third-order valence-electron chi connectivity index (χ3n) is 3.29. The second-order valence-electron chi connectivity index (χ2n) is 5.03. The Kier molecular flexibility index (Phi) is 10.3. The summed E-state index contributed by atoms with van der Waals surface area (Å²) in [6.45, 7) is 7.92. The molecule has 0 aromatic carbocycles. The molecule has 0 amide bonds. The number of pyridine rings is 1. The molecule has 8 heteroatoms. The molecule has 0 saturated heterocycles. The van der Waals surface area contributed by atoms with E-state index in [-0.39, 0.29) is 24.0 Å². The van der Waals surface area contributed by atoms with Gasteiger partial charge in [0, 0.05) is 45.5 Å². The lowest BCUT2D eigenvalue weighted by Gasteiger charge is -2.10. The standard InChI is InChI=1S/C16H26N6O.HI/c1-3-17-16(18-10-7-13-23-4-2)19-11-9-15-21-20-14-8-5-6-12-22(14)15;/h5-6,8,12H,3-4,7,9-11,13H2,1-2H3,(H2,17,18,19);1H. The highest BCUT2D eigenvalue weighted by atomic mass is 127. The van der Waals surface area contributed by atoms with Crippen molar-refractivity contribution in [3.8, 4) is 0 Å². The zero-order valence-electron chi connectivity index (χ0n) is 14.4. The zero-order valence-corrected chi connectivity index (χ0v) is 16.7. The van der Waals surface area contributed by atoms with Crippen molar-refractivity contribution in [1.82, 2.24) is 25.2 Å². The van der Waals surface area contributed by atoms with Crippen molar-refractivity contribution in [2.24, 2.45) is 4.99 Å². The number of aliphatic imine (C=N–C) groups is 1. The van der Waals surface area contributed by atoms with Gasteiger partial charge < -0.3 is 15.4 Å². The summed E-state index contributed by atoms with van der Waals surface area (Å²) in [4.78, 5) is 4.54. The van der Waals surface area contributed by atoms with Gasteiger partial charge in [0.1, 0.15) is 5.82 Å². The van der Waals surface area contributed by atoms with E-state index in [1.54, 1.807) is 0 Å². The van der Waals surface area contributed by atoms with E-state index in [4.69, 9.17) is 4.74 Å². The summed E-state index contributed by atoms with van der Waals surface area (Å²) >= 11 is 0. The number of rotatable bonds is 9. The second kappa shape index (κ2) is 12.0. The molecular weight excluding hydrogens is 419 g/mol. The average Bonchev–Trinajstić information content (AvgIpc) is 2.98. The summed E-state index contributed by atoms with van der Waals surface area (Å²) in [5.41, 5.74) is 0.874. The van der Waals surface area contributed by atoms with E-state index in [1.807, 2.05) is 35.7 Å². The number of aromatic nitrogens is 3. The molecule has 2 heterocycles. The Bertz CT molecular complexity index is 615. The maximum atomic E-state index is 5.32. The Morgan fingerprint density at radius 1 is 1.25 bits per heavy atom. The topological polar surface area (TPSA) is 75.8 Å². The van der Waals surface area contributed by atoms with Crippen molar-refractivity contribution in [3.63, 3.8) is 0 Å². The van der Waals surface area contributed by atoms with E-state index in [0.717, 1.165) is 63.1 Å². The highest BCUT2D eigenvalue weighted by Gasteiger charge is 2.04. The maximum absolute atomic E-state index is 5.32. The fourth-order valence-corrected chi connectivity index (χ4v) is 2.20. The summed E-state index contributed by atoms with van der Waals surface area (Å²) in [5, 5.41) is 15.0. The fraction of sp³-hybridized carbons (Fsp3) is 0.562. The number of guanidine groups is 1. The van der Waals surface area contributed by atoms with Gasteiger partial charge in [0.05, 0.1) is 0 Å². The predicted octanol–water partition coefficient (Wildman–Crippen LogP) is 1.87. The van der Waals surface area contributed by atoms with Crippen LogP contribution in [0.2, 0.25) is 0 Å². The number of hydrogen-bond acceptors (Lipinski definition) is 4. The van der Waals surface area contributed by atoms with Gasteiger partial charge in [0.2, 0.25) is 0 Å². The van der Waals surface area contributed by atoms with Crippen LogP contribution < -0.4 is 10.6 Å². The van der Waals surface area contributed by atoms with E-state index in [9.17, 15) is 0 Å².